The second-order valence-corrected chi connectivity index (χ2v) is 7.20. The third kappa shape index (κ3) is 3.10. The molecule has 7 nitrogen and oxygen atoms in total. The van der Waals surface area contributed by atoms with E-state index < -0.39 is 0 Å². The Balaban J connectivity index is 1.78. The molecule has 0 unspecified atom stereocenters. The molecule has 30 heavy (non-hydrogen) atoms. The summed E-state index contributed by atoms with van der Waals surface area (Å²) in [6, 6.07) is 8.33. The average molecular weight is 396 g/mol. The summed E-state index contributed by atoms with van der Waals surface area (Å²) in [6.07, 6.45) is 8.50. The van der Waals surface area contributed by atoms with Crippen LogP contribution in [0.3, 0.4) is 0 Å². The molecule has 5 aromatic rings. The monoisotopic (exact) mass is 396 g/mol. The number of aromatic amines is 1. The predicted molar refractivity (Wildman–Crippen MR) is 118 cm³/mol. The number of H-pyrrole nitrogens is 1. The number of nitrogens with zero attached hydrogens (tertiary/aromatic N) is 4. The Bertz CT molecular complexity index is 1360. The van der Waals surface area contributed by atoms with Gasteiger partial charge in [-0.3, -0.25) is 0 Å². The van der Waals surface area contributed by atoms with Gasteiger partial charge >= 0.3 is 0 Å². The van der Waals surface area contributed by atoms with Crippen molar-refractivity contribution >= 4 is 27.5 Å². The van der Waals surface area contributed by atoms with Gasteiger partial charge in [0.2, 0.25) is 0 Å². The molecule has 0 fully saturated rings. The van der Waals surface area contributed by atoms with Crippen LogP contribution in [0.5, 0.6) is 11.5 Å². The van der Waals surface area contributed by atoms with Gasteiger partial charge < -0.3 is 15.0 Å². The fourth-order valence-corrected chi connectivity index (χ4v) is 3.75. The van der Waals surface area contributed by atoms with E-state index in [1.807, 2.05) is 38.5 Å². The van der Waals surface area contributed by atoms with Crippen LogP contribution < -0.4 is 10.1 Å². The lowest BCUT2D eigenvalue weighted by Crippen LogP contribution is -1.91. The molecule has 0 bridgehead atoms. The van der Waals surface area contributed by atoms with Crippen molar-refractivity contribution in [1.29, 1.82) is 0 Å². The minimum Gasteiger partial charge on any atom is -0.454 e. The number of fused-ring (bicyclic) bond motifs is 3. The van der Waals surface area contributed by atoms with Crippen LogP contribution in [0.4, 0.5) is 5.69 Å². The van der Waals surface area contributed by atoms with Crippen LogP contribution in [0.15, 0.2) is 55.4 Å². The molecule has 148 valence electrons. The van der Waals surface area contributed by atoms with Gasteiger partial charge in [-0.1, -0.05) is 0 Å². The molecule has 0 aliphatic rings. The molecule has 3 heterocycles. The summed E-state index contributed by atoms with van der Waals surface area (Å²) in [5.41, 5.74) is 6.16. The van der Waals surface area contributed by atoms with Crippen molar-refractivity contribution in [2.45, 2.75) is 13.8 Å². The number of benzene rings is 2. The second kappa shape index (κ2) is 7.11. The number of hydrogen-bond acceptors (Lipinski definition) is 6. The molecule has 7 heteroatoms. The summed E-state index contributed by atoms with van der Waals surface area (Å²) in [4.78, 5) is 20.4. The van der Waals surface area contributed by atoms with Crippen molar-refractivity contribution in [3.63, 3.8) is 0 Å². The SMILES string of the molecule is CNc1cc(C)cc2c1[nH]c1cc(Oc3cnc(C)nc3)cc(-c3cncnc3)c12. The zero-order valence-electron chi connectivity index (χ0n) is 16.9. The lowest BCUT2D eigenvalue weighted by atomic mass is 10.00. The molecule has 0 radical (unpaired) electrons. The fourth-order valence-electron chi connectivity index (χ4n) is 3.75. The van der Waals surface area contributed by atoms with Gasteiger partial charge in [-0.2, -0.15) is 0 Å². The summed E-state index contributed by atoms with van der Waals surface area (Å²) in [7, 11) is 1.93. The molecule has 0 amide bonds. The van der Waals surface area contributed by atoms with Crippen LogP contribution in [0.25, 0.3) is 32.9 Å². The van der Waals surface area contributed by atoms with Gasteiger partial charge in [-0.15, -0.1) is 0 Å². The van der Waals surface area contributed by atoms with Crippen molar-refractivity contribution in [2.24, 2.45) is 0 Å². The van der Waals surface area contributed by atoms with E-state index >= 15 is 0 Å². The molecule has 0 atom stereocenters. The van der Waals surface area contributed by atoms with Gasteiger partial charge in [0, 0.05) is 41.8 Å². The molecule has 2 N–H and O–H groups in total. The smallest absolute Gasteiger partial charge is 0.164 e. The molecule has 0 spiro atoms. The van der Waals surface area contributed by atoms with Crippen LogP contribution in [0.1, 0.15) is 11.4 Å². The van der Waals surface area contributed by atoms with Crippen LogP contribution in [0.2, 0.25) is 0 Å². The Hall–Kier alpha value is -4.00. The average Bonchev–Trinajstić information content (AvgIpc) is 3.13. The first-order valence-electron chi connectivity index (χ1n) is 9.62. The molecular weight excluding hydrogens is 376 g/mol. The summed E-state index contributed by atoms with van der Waals surface area (Å²) in [5, 5.41) is 5.53. The maximum absolute atomic E-state index is 6.08. The highest BCUT2D eigenvalue weighted by Crippen LogP contribution is 2.40. The maximum atomic E-state index is 6.08. The normalized spacial score (nSPS) is 11.2. The third-order valence-corrected chi connectivity index (χ3v) is 5.06. The van der Waals surface area contributed by atoms with Crippen molar-refractivity contribution in [3.8, 4) is 22.6 Å². The standard InChI is InChI=1S/C23H20N6O/c1-13-4-19-22-18(15-8-25-12-26-9-15)6-16(30-17-10-27-14(2)28-11-17)7-20(22)29-23(19)21(5-13)24-3/h4-12,24,29H,1-3H3. The molecular formula is C23H20N6O. The molecule has 0 saturated heterocycles. The Kier molecular flexibility index (Phi) is 4.28. The number of hydrogen-bond donors (Lipinski definition) is 2. The Morgan fingerprint density at radius 1 is 0.900 bits per heavy atom. The Morgan fingerprint density at radius 3 is 2.40 bits per heavy atom. The van der Waals surface area contributed by atoms with Crippen molar-refractivity contribution in [1.82, 2.24) is 24.9 Å². The van der Waals surface area contributed by atoms with Gasteiger partial charge in [-0.05, 0) is 43.2 Å². The highest BCUT2D eigenvalue weighted by atomic mass is 16.5. The van der Waals surface area contributed by atoms with Crippen LogP contribution in [0, 0.1) is 13.8 Å². The largest absolute Gasteiger partial charge is 0.454 e. The van der Waals surface area contributed by atoms with Crippen LogP contribution in [-0.2, 0) is 0 Å². The maximum Gasteiger partial charge on any atom is 0.164 e. The van der Waals surface area contributed by atoms with E-state index in [0.717, 1.165) is 38.6 Å². The molecule has 0 saturated carbocycles. The van der Waals surface area contributed by atoms with Crippen LogP contribution >= 0.6 is 0 Å². The zero-order chi connectivity index (χ0) is 20.7. The van der Waals surface area contributed by atoms with E-state index in [2.05, 4.69) is 49.3 Å². The van der Waals surface area contributed by atoms with Gasteiger partial charge in [0.25, 0.3) is 0 Å². The molecule has 5 rings (SSSR count). The number of aromatic nitrogens is 5. The van der Waals surface area contributed by atoms with E-state index in [-0.39, 0.29) is 0 Å². The third-order valence-electron chi connectivity index (χ3n) is 5.06. The fraction of sp³-hybridized carbons (Fsp3) is 0.130. The van der Waals surface area contributed by atoms with Crippen molar-refractivity contribution in [2.75, 3.05) is 12.4 Å². The number of ether oxygens (including phenoxy) is 1. The number of nitrogens with one attached hydrogen (secondary N) is 2. The van der Waals surface area contributed by atoms with Gasteiger partial charge in [0.15, 0.2) is 5.75 Å². The zero-order valence-corrected chi connectivity index (χ0v) is 16.9. The lowest BCUT2D eigenvalue weighted by Gasteiger charge is -2.10. The number of anilines is 1. The van der Waals surface area contributed by atoms with Gasteiger partial charge in [-0.25, -0.2) is 19.9 Å². The van der Waals surface area contributed by atoms with E-state index in [1.165, 1.54) is 11.9 Å². The van der Waals surface area contributed by atoms with E-state index in [9.17, 15) is 0 Å². The number of aryl methyl sites for hydroxylation is 2. The first-order chi connectivity index (χ1) is 14.6. The molecule has 0 aliphatic heterocycles. The Labute approximate surface area is 173 Å². The molecule has 2 aromatic carbocycles. The number of rotatable bonds is 4. The lowest BCUT2D eigenvalue weighted by molar-refractivity contribution is 0.477. The molecule has 3 aromatic heterocycles. The topological polar surface area (TPSA) is 88.6 Å². The summed E-state index contributed by atoms with van der Waals surface area (Å²) in [6.45, 7) is 3.94. The first kappa shape index (κ1) is 18.1. The first-order valence-corrected chi connectivity index (χ1v) is 9.62. The minimum atomic E-state index is 0.582. The van der Waals surface area contributed by atoms with Gasteiger partial charge in [0.1, 0.15) is 17.9 Å². The van der Waals surface area contributed by atoms with Crippen LogP contribution in [-0.4, -0.2) is 32.0 Å². The van der Waals surface area contributed by atoms with E-state index in [0.29, 0.717) is 17.3 Å². The molecule has 0 aliphatic carbocycles. The highest BCUT2D eigenvalue weighted by molar-refractivity contribution is 6.17. The van der Waals surface area contributed by atoms with E-state index in [4.69, 9.17) is 4.74 Å². The summed E-state index contributed by atoms with van der Waals surface area (Å²) < 4.78 is 6.08. The minimum absolute atomic E-state index is 0.582. The van der Waals surface area contributed by atoms with Gasteiger partial charge in [0.05, 0.1) is 29.1 Å². The summed E-state index contributed by atoms with van der Waals surface area (Å²) in [5.74, 6) is 1.96. The second-order valence-electron chi connectivity index (χ2n) is 7.20. The highest BCUT2D eigenvalue weighted by Gasteiger charge is 2.16. The van der Waals surface area contributed by atoms with Crippen molar-refractivity contribution in [3.05, 3.63) is 66.8 Å². The Morgan fingerprint density at radius 2 is 1.67 bits per heavy atom. The summed E-state index contributed by atoms with van der Waals surface area (Å²) >= 11 is 0. The predicted octanol–water partition coefficient (Wildman–Crippen LogP) is 5.02. The van der Waals surface area contributed by atoms with Crippen molar-refractivity contribution < 1.29 is 4.74 Å². The quantitative estimate of drug-likeness (QED) is 0.443. The van der Waals surface area contributed by atoms with E-state index in [1.54, 1.807) is 12.4 Å².